The number of hydrogen-bond acceptors (Lipinski definition) is 12. The number of nitrogens with zero attached hydrogens (tertiary/aromatic N) is 2. The third-order valence-corrected chi connectivity index (χ3v) is 10.4. The van der Waals surface area contributed by atoms with Gasteiger partial charge in [0.25, 0.3) is 0 Å². The standard InChI is InChI=1S/C22H31NO8.C16H23NO4/c1-12-13(2)19-16(14(3)18(12)29-20(25)31-21(5,6)7)9-10-22(8,30-19)17(11-23(26)27)28-15(4)24;1-9-10(2)12(4)15-13(11(9)3)6-7-16(5,21-15)14(18)8-17(19)20/h17H,9-11H2,1-8H3;14,18H,6-8H2,1-5H3. The summed E-state index contributed by atoms with van der Waals surface area (Å²) in [5.74, 6) is 1.18. The van der Waals surface area contributed by atoms with Crippen molar-refractivity contribution in [3.8, 4) is 17.2 Å². The molecular weight excluding hydrogens is 676 g/mol. The largest absolute Gasteiger partial charge is 0.514 e. The molecule has 0 aromatic heterocycles. The molecule has 2 aliphatic heterocycles. The third-order valence-electron chi connectivity index (χ3n) is 10.4. The fourth-order valence-electron chi connectivity index (χ4n) is 6.70. The van der Waals surface area contributed by atoms with Crippen molar-refractivity contribution in [2.75, 3.05) is 13.1 Å². The number of rotatable bonds is 8. The molecule has 2 aliphatic rings. The van der Waals surface area contributed by atoms with Crippen molar-refractivity contribution in [1.29, 1.82) is 0 Å². The van der Waals surface area contributed by atoms with Crippen molar-refractivity contribution in [2.45, 2.75) is 145 Å². The molecule has 52 heavy (non-hydrogen) atoms. The van der Waals surface area contributed by atoms with Crippen LogP contribution in [0.15, 0.2) is 0 Å². The van der Waals surface area contributed by atoms with Gasteiger partial charge in [0.2, 0.25) is 19.2 Å². The van der Waals surface area contributed by atoms with Gasteiger partial charge in [-0.15, -0.1) is 0 Å². The number of ether oxygens (including phenoxy) is 5. The zero-order valence-electron chi connectivity index (χ0n) is 32.7. The second-order valence-corrected chi connectivity index (χ2v) is 15.4. The first kappa shape index (κ1) is 42.0. The minimum absolute atomic E-state index is 0.390. The number of carbonyl (C=O) groups is 2. The van der Waals surface area contributed by atoms with Crippen molar-refractivity contribution in [2.24, 2.45) is 0 Å². The van der Waals surface area contributed by atoms with E-state index in [0.717, 1.165) is 34.4 Å². The summed E-state index contributed by atoms with van der Waals surface area (Å²) in [6, 6.07) is 0. The zero-order valence-corrected chi connectivity index (χ0v) is 32.7. The van der Waals surface area contributed by atoms with E-state index in [4.69, 9.17) is 23.7 Å². The molecule has 0 saturated heterocycles. The van der Waals surface area contributed by atoms with E-state index in [1.165, 1.54) is 29.2 Å². The molecule has 0 fully saturated rings. The van der Waals surface area contributed by atoms with E-state index in [1.807, 2.05) is 20.8 Å². The van der Waals surface area contributed by atoms with Gasteiger partial charge < -0.3 is 28.8 Å². The van der Waals surface area contributed by atoms with Crippen LogP contribution in [0.25, 0.3) is 0 Å². The molecule has 0 amide bonds. The van der Waals surface area contributed by atoms with E-state index in [1.54, 1.807) is 41.5 Å². The molecule has 0 spiro atoms. The Balaban J connectivity index is 0.000000302. The average molecular weight is 731 g/mol. The topological polar surface area (TPSA) is 187 Å². The maximum Gasteiger partial charge on any atom is 0.514 e. The zero-order chi connectivity index (χ0) is 39.7. The van der Waals surface area contributed by atoms with Crippen LogP contribution in [0.1, 0.15) is 104 Å². The number of benzene rings is 2. The first-order valence-corrected chi connectivity index (χ1v) is 17.4. The summed E-state index contributed by atoms with van der Waals surface area (Å²) >= 11 is 0. The SMILES string of the molecule is CC(=O)OC(C[N+](=O)[O-])C1(C)CCc2c(C)c(OC(=O)OC(C)(C)C)c(C)c(C)c2O1.Cc1c(C)c(C)c2c(c1C)CCC(C)(C(O)C[N+](=O)[O-])O2. The Hall–Kier alpha value is -4.46. The molecule has 0 bridgehead atoms. The molecule has 0 saturated carbocycles. The Morgan fingerprint density at radius 1 is 0.769 bits per heavy atom. The summed E-state index contributed by atoms with van der Waals surface area (Å²) in [5.41, 5.74) is 6.28. The number of esters is 1. The van der Waals surface area contributed by atoms with Crippen LogP contribution in [0, 0.1) is 68.7 Å². The number of aliphatic hydroxyl groups excluding tert-OH is 1. The summed E-state index contributed by atoms with van der Waals surface area (Å²) in [6.07, 6.45) is -0.681. The van der Waals surface area contributed by atoms with E-state index in [-0.39, 0.29) is 0 Å². The van der Waals surface area contributed by atoms with Crippen LogP contribution in [-0.4, -0.2) is 69.2 Å². The Kier molecular flexibility index (Phi) is 12.6. The van der Waals surface area contributed by atoms with Crippen molar-refractivity contribution in [1.82, 2.24) is 0 Å². The molecule has 14 nitrogen and oxygen atoms in total. The molecule has 2 aromatic rings. The highest BCUT2D eigenvalue weighted by molar-refractivity contribution is 5.69. The summed E-state index contributed by atoms with van der Waals surface area (Å²) < 4.78 is 28.4. The second-order valence-electron chi connectivity index (χ2n) is 15.4. The van der Waals surface area contributed by atoms with E-state index >= 15 is 0 Å². The van der Waals surface area contributed by atoms with Gasteiger partial charge in [0.1, 0.15) is 34.1 Å². The normalized spacial score (nSPS) is 20.3. The highest BCUT2D eigenvalue weighted by atomic mass is 16.7. The van der Waals surface area contributed by atoms with Gasteiger partial charge in [0.15, 0.2) is 6.10 Å². The van der Waals surface area contributed by atoms with E-state index in [9.17, 15) is 34.9 Å². The second kappa shape index (κ2) is 15.6. The van der Waals surface area contributed by atoms with E-state index < -0.39 is 64.1 Å². The smallest absolute Gasteiger partial charge is 0.484 e. The van der Waals surface area contributed by atoms with Crippen LogP contribution in [0.2, 0.25) is 0 Å². The van der Waals surface area contributed by atoms with Gasteiger partial charge in [-0.2, -0.15) is 0 Å². The van der Waals surface area contributed by atoms with Gasteiger partial charge in [-0.05, 0) is 153 Å². The lowest BCUT2D eigenvalue weighted by Crippen LogP contribution is -2.52. The summed E-state index contributed by atoms with van der Waals surface area (Å²) in [7, 11) is 0. The Bertz CT molecular complexity index is 1730. The monoisotopic (exact) mass is 730 g/mol. The Morgan fingerprint density at radius 3 is 1.73 bits per heavy atom. The average Bonchev–Trinajstić information content (AvgIpc) is 3.02. The van der Waals surface area contributed by atoms with Gasteiger partial charge in [-0.25, -0.2) is 4.79 Å². The van der Waals surface area contributed by atoms with Crippen molar-refractivity contribution >= 4 is 12.1 Å². The lowest BCUT2D eigenvalue weighted by atomic mass is 9.83. The number of hydrogen-bond donors (Lipinski definition) is 1. The van der Waals surface area contributed by atoms with Crippen molar-refractivity contribution in [3.63, 3.8) is 0 Å². The van der Waals surface area contributed by atoms with Crippen LogP contribution in [0.4, 0.5) is 4.79 Å². The molecule has 288 valence electrons. The van der Waals surface area contributed by atoms with Crippen molar-refractivity contribution < 1.29 is 48.2 Å². The van der Waals surface area contributed by atoms with Gasteiger partial charge in [0, 0.05) is 22.3 Å². The quantitative estimate of drug-likeness (QED) is 0.129. The van der Waals surface area contributed by atoms with Crippen LogP contribution < -0.4 is 14.2 Å². The maximum absolute atomic E-state index is 12.2. The molecule has 0 radical (unpaired) electrons. The van der Waals surface area contributed by atoms with Gasteiger partial charge in [0.05, 0.1) is 0 Å². The molecule has 4 atom stereocenters. The number of carbonyl (C=O) groups excluding carboxylic acids is 2. The first-order chi connectivity index (χ1) is 23.8. The van der Waals surface area contributed by atoms with Gasteiger partial charge >= 0.3 is 12.1 Å². The Morgan fingerprint density at radius 2 is 1.23 bits per heavy atom. The van der Waals surface area contributed by atoms with Crippen LogP contribution in [-0.2, 0) is 27.1 Å². The molecule has 0 aliphatic carbocycles. The number of nitro groups is 2. The minimum Gasteiger partial charge on any atom is -0.484 e. The van der Waals surface area contributed by atoms with Crippen molar-refractivity contribution in [3.05, 3.63) is 70.3 Å². The molecule has 1 N–H and O–H groups in total. The number of fused-ring (bicyclic) bond motifs is 2. The Labute approximate surface area is 305 Å². The molecule has 4 unspecified atom stereocenters. The first-order valence-electron chi connectivity index (χ1n) is 17.4. The fourth-order valence-corrected chi connectivity index (χ4v) is 6.70. The van der Waals surface area contributed by atoms with Gasteiger partial charge in [-0.1, -0.05) is 0 Å². The molecular formula is C38H54N2O12. The molecule has 4 rings (SSSR count). The van der Waals surface area contributed by atoms with E-state index in [0.29, 0.717) is 36.3 Å². The minimum atomic E-state index is -1.11. The molecule has 2 aromatic carbocycles. The third kappa shape index (κ3) is 9.30. The summed E-state index contributed by atoms with van der Waals surface area (Å²) in [4.78, 5) is 44.5. The maximum atomic E-state index is 12.2. The predicted molar refractivity (Wildman–Crippen MR) is 193 cm³/mol. The summed E-state index contributed by atoms with van der Waals surface area (Å²) in [5, 5.41) is 31.9. The highest BCUT2D eigenvalue weighted by Gasteiger charge is 2.46. The lowest BCUT2D eigenvalue weighted by molar-refractivity contribution is -0.494. The van der Waals surface area contributed by atoms with Gasteiger partial charge in [-0.3, -0.25) is 25.0 Å². The summed E-state index contributed by atoms with van der Waals surface area (Å²) in [6.45, 7) is 22.6. The molecule has 2 heterocycles. The van der Waals surface area contributed by atoms with E-state index in [2.05, 4.69) is 20.8 Å². The van der Waals surface area contributed by atoms with Crippen LogP contribution in [0.3, 0.4) is 0 Å². The predicted octanol–water partition coefficient (Wildman–Crippen LogP) is 6.86. The van der Waals surface area contributed by atoms with Crippen LogP contribution in [0.5, 0.6) is 17.2 Å². The fraction of sp³-hybridized carbons (Fsp3) is 0.632. The molecule has 14 heteroatoms. The number of aliphatic hydroxyl groups is 1. The van der Waals surface area contributed by atoms with Crippen LogP contribution >= 0.6 is 0 Å². The highest BCUT2D eigenvalue weighted by Crippen LogP contribution is 2.45. The lowest BCUT2D eigenvalue weighted by Gasteiger charge is -2.40.